The number of anilines is 1. The van der Waals surface area contributed by atoms with E-state index in [-0.39, 0.29) is 5.82 Å². The molecule has 7 N–H and O–H groups in total. The van der Waals surface area contributed by atoms with E-state index in [0.29, 0.717) is 6.21 Å². The normalized spacial score (nSPS) is 15.8. The second kappa shape index (κ2) is 10.4. The molecule has 150 valence electrons. The molecule has 0 radical (unpaired) electrons. The first-order valence-electron chi connectivity index (χ1n) is 7.66. The summed E-state index contributed by atoms with van der Waals surface area (Å²) in [5, 5.41) is 52.1. The Hall–Kier alpha value is -2.71. The zero-order valence-electron chi connectivity index (χ0n) is 14.3. The van der Waals surface area contributed by atoms with Crippen molar-refractivity contribution >= 4 is 23.8 Å². The first-order chi connectivity index (χ1) is 12.6. The van der Waals surface area contributed by atoms with Gasteiger partial charge in [-0.15, -0.1) is 0 Å². The van der Waals surface area contributed by atoms with Crippen molar-refractivity contribution in [3.63, 3.8) is 0 Å². The van der Waals surface area contributed by atoms with Crippen LogP contribution in [-0.2, 0) is 16.1 Å². The lowest BCUT2D eigenvalue weighted by molar-refractivity contribution is -0.121. The number of aromatic nitrogens is 2. The summed E-state index contributed by atoms with van der Waals surface area (Å²) in [7, 11) is 0. The number of nitrogens with one attached hydrogen (secondary N) is 2. The van der Waals surface area contributed by atoms with Crippen LogP contribution in [0.1, 0.15) is 6.92 Å². The van der Waals surface area contributed by atoms with Crippen LogP contribution in [0.25, 0.3) is 0 Å². The lowest BCUT2D eigenvalue weighted by Gasteiger charge is -2.23. The lowest BCUT2D eigenvalue weighted by Crippen LogP contribution is -2.46. The van der Waals surface area contributed by atoms with Crippen molar-refractivity contribution in [3.05, 3.63) is 22.7 Å². The number of aliphatic hydroxyl groups excluding tert-OH is 5. The van der Waals surface area contributed by atoms with E-state index in [1.165, 1.54) is 19.2 Å². The third-order valence-corrected chi connectivity index (χ3v) is 3.19. The van der Waals surface area contributed by atoms with Gasteiger partial charge in [0.1, 0.15) is 36.8 Å². The summed E-state index contributed by atoms with van der Waals surface area (Å²) < 4.78 is 0.933. The van der Waals surface area contributed by atoms with Crippen molar-refractivity contribution in [3.8, 4) is 0 Å². The van der Waals surface area contributed by atoms with E-state index in [1.807, 2.05) is 5.43 Å². The molecule has 2 amide bonds. The molecule has 0 bridgehead atoms. The number of carbonyl (C=O) groups excluding carboxylic acids is 2. The van der Waals surface area contributed by atoms with Crippen LogP contribution in [0.2, 0.25) is 0 Å². The Kier molecular flexibility index (Phi) is 8.64. The highest BCUT2D eigenvalue weighted by Gasteiger charge is 2.29. The van der Waals surface area contributed by atoms with Gasteiger partial charge in [-0.05, 0) is 6.07 Å². The zero-order chi connectivity index (χ0) is 20.6. The van der Waals surface area contributed by atoms with Crippen molar-refractivity contribution in [2.45, 2.75) is 37.9 Å². The molecule has 0 unspecified atom stereocenters. The Labute approximate surface area is 152 Å². The van der Waals surface area contributed by atoms with Crippen LogP contribution < -0.4 is 16.4 Å². The number of nitrogens with zero attached hydrogens (tertiary/aromatic N) is 3. The van der Waals surface area contributed by atoms with Gasteiger partial charge in [-0.3, -0.25) is 14.2 Å². The molecule has 0 saturated carbocycles. The molecule has 0 aliphatic heterocycles. The Morgan fingerprint density at radius 2 is 1.96 bits per heavy atom. The Bertz CT molecular complexity index is 736. The summed E-state index contributed by atoms with van der Waals surface area (Å²) in [5.74, 6) is -1.15. The monoisotopic (exact) mass is 387 g/mol. The summed E-state index contributed by atoms with van der Waals surface area (Å²) in [6, 6.07) is 1.31. The number of hydrogen-bond acceptors (Lipinski definition) is 10. The molecular formula is C14H21N5O8. The van der Waals surface area contributed by atoms with Gasteiger partial charge in [0.2, 0.25) is 5.91 Å². The minimum Gasteiger partial charge on any atom is -0.394 e. The Balaban J connectivity index is 2.59. The van der Waals surface area contributed by atoms with Crippen LogP contribution in [0.5, 0.6) is 0 Å². The first kappa shape index (κ1) is 22.3. The van der Waals surface area contributed by atoms with E-state index in [9.17, 15) is 34.8 Å². The molecule has 4 atom stereocenters. The average Bonchev–Trinajstić information content (AvgIpc) is 2.61. The smallest absolute Gasteiger partial charge is 0.349 e. The maximum atomic E-state index is 11.7. The number of rotatable bonds is 9. The maximum absolute atomic E-state index is 11.7. The fourth-order valence-corrected chi connectivity index (χ4v) is 1.80. The first-order valence-corrected chi connectivity index (χ1v) is 7.66. The minimum atomic E-state index is -1.86. The Morgan fingerprint density at radius 3 is 2.52 bits per heavy atom. The summed E-state index contributed by atoms with van der Waals surface area (Å²) in [6.07, 6.45) is -5.19. The molecule has 0 aliphatic rings. The van der Waals surface area contributed by atoms with Gasteiger partial charge in [-0.25, -0.2) is 10.2 Å². The summed E-state index contributed by atoms with van der Waals surface area (Å²) >= 11 is 0. The molecule has 0 fully saturated rings. The highest BCUT2D eigenvalue weighted by Crippen LogP contribution is 2.03. The van der Waals surface area contributed by atoms with Crippen LogP contribution in [0.15, 0.2) is 22.2 Å². The van der Waals surface area contributed by atoms with Crippen molar-refractivity contribution < 1.29 is 35.1 Å². The number of hydrazone groups is 1. The van der Waals surface area contributed by atoms with Crippen LogP contribution in [0.3, 0.4) is 0 Å². The molecule has 1 rings (SSSR count). The van der Waals surface area contributed by atoms with Crippen molar-refractivity contribution in [1.29, 1.82) is 0 Å². The van der Waals surface area contributed by atoms with Crippen LogP contribution >= 0.6 is 0 Å². The fourth-order valence-electron chi connectivity index (χ4n) is 1.80. The molecule has 0 spiro atoms. The second-order valence-corrected chi connectivity index (χ2v) is 5.44. The molecule has 0 aliphatic carbocycles. The van der Waals surface area contributed by atoms with E-state index in [0.717, 1.165) is 4.57 Å². The van der Waals surface area contributed by atoms with Gasteiger partial charge in [0, 0.05) is 13.1 Å². The third kappa shape index (κ3) is 7.20. The number of aliphatic hydroxyl groups is 5. The molecule has 1 heterocycles. The number of amides is 2. The highest BCUT2D eigenvalue weighted by atomic mass is 16.4. The second-order valence-electron chi connectivity index (χ2n) is 5.44. The van der Waals surface area contributed by atoms with Crippen molar-refractivity contribution in [2.75, 3.05) is 11.9 Å². The van der Waals surface area contributed by atoms with Crippen LogP contribution in [-0.4, -0.2) is 84.1 Å². The molecule has 1 aromatic heterocycles. The van der Waals surface area contributed by atoms with E-state index in [4.69, 9.17) is 5.11 Å². The van der Waals surface area contributed by atoms with Gasteiger partial charge in [-0.1, -0.05) is 0 Å². The lowest BCUT2D eigenvalue weighted by atomic mass is 10.0. The minimum absolute atomic E-state index is 0.0305. The van der Waals surface area contributed by atoms with Gasteiger partial charge in [0.05, 0.1) is 12.8 Å². The quantitative estimate of drug-likeness (QED) is 0.161. The van der Waals surface area contributed by atoms with E-state index in [2.05, 4.69) is 15.4 Å². The maximum Gasteiger partial charge on any atom is 0.349 e. The average molecular weight is 387 g/mol. The molecule has 27 heavy (non-hydrogen) atoms. The summed E-state index contributed by atoms with van der Waals surface area (Å²) in [5.41, 5.74) is 1.19. The molecule has 1 aromatic rings. The fraction of sp³-hybridized carbons (Fsp3) is 0.500. The van der Waals surface area contributed by atoms with E-state index in [1.54, 1.807) is 0 Å². The number of hydrogen-bond donors (Lipinski definition) is 7. The van der Waals surface area contributed by atoms with Gasteiger partial charge < -0.3 is 30.8 Å². The largest absolute Gasteiger partial charge is 0.394 e. The predicted molar refractivity (Wildman–Crippen MR) is 90.5 cm³/mol. The standard InChI is InChI=1S/C14H21N5O8/c1-7(21)16-10-2-3-19(14(27)17-10)5-11(24)18-15-4-8(22)12(25)13(26)9(23)6-20/h2-4,8-9,12-13,20,22-23,25-26H,5-6H2,1H3,(H,18,24)(H,16,17,21,27)/b15-4+/t8-,9-,12-,13-/m1/s1. The third-order valence-electron chi connectivity index (χ3n) is 3.19. The predicted octanol–water partition coefficient (Wildman–Crippen LogP) is -4.26. The van der Waals surface area contributed by atoms with Gasteiger partial charge >= 0.3 is 5.69 Å². The van der Waals surface area contributed by atoms with Crippen molar-refractivity contribution in [1.82, 2.24) is 15.0 Å². The van der Waals surface area contributed by atoms with Gasteiger partial charge in [0.15, 0.2) is 0 Å². The van der Waals surface area contributed by atoms with Gasteiger partial charge in [-0.2, -0.15) is 10.1 Å². The number of carbonyl (C=O) groups is 2. The van der Waals surface area contributed by atoms with E-state index >= 15 is 0 Å². The van der Waals surface area contributed by atoms with Crippen LogP contribution in [0, 0.1) is 0 Å². The molecular weight excluding hydrogens is 366 g/mol. The Morgan fingerprint density at radius 1 is 1.30 bits per heavy atom. The SMILES string of the molecule is CC(=O)Nc1ccn(CC(=O)N/N=C/[C@@H](O)[C@@H](O)[C@H](O)[C@H](O)CO)c(=O)n1. The zero-order valence-corrected chi connectivity index (χ0v) is 14.3. The van der Waals surface area contributed by atoms with Crippen molar-refractivity contribution in [2.24, 2.45) is 5.10 Å². The highest BCUT2D eigenvalue weighted by molar-refractivity contribution is 5.87. The molecule has 0 aromatic carbocycles. The molecule has 13 nitrogen and oxygen atoms in total. The van der Waals surface area contributed by atoms with Crippen LogP contribution in [0.4, 0.5) is 5.82 Å². The topological polar surface area (TPSA) is 207 Å². The summed E-state index contributed by atoms with van der Waals surface area (Å²) in [4.78, 5) is 37.9. The van der Waals surface area contributed by atoms with Gasteiger partial charge in [0.25, 0.3) is 5.91 Å². The van der Waals surface area contributed by atoms with E-state index < -0.39 is 55.1 Å². The molecule has 13 heteroatoms. The molecule has 0 saturated heterocycles. The summed E-state index contributed by atoms with van der Waals surface area (Å²) in [6.45, 7) is -0.0517.